The lowest BCUT2D eigenvalue weighted by Crippen LogP contribution is -2.17. The normalized spacial score (nSPS) is 14.5. The third-order valence-electron chi connectivity index (χ3n) is 3.24. The van der Waals surface area contributed by atoms with Crippen molar-refractivity contribution in [2.75, 3.05) is 4.90 Å². The van der Waals surface area contributed by atoms with E-state index in [0.29, 0.717) is 6.42 Å². The summed E-state index contributed by atoms with van der Waals surface area (Å²) in [5.74, 6) is 0.480. The van der Waals surface area contributed by atoms with Crippen molar-refractivity contribution < 1.29 is 10.2 Å². The number of thiocarbonyl (C=S) groups is 1. The Morgan fingerprint density at radius 2 is 1.70 bits per heavy atom. The molecular weight excluding hydrogens is 270 g/mol. The number of benzene rings is 2. The maximum Gasteiger partial charge on any atom is 0.116 e. The number of rotatable bonds is 2. The molecular formula is C16H13NO2S. The van der Waals surface area contributed by atoms with Crippen molar-refractivity contribution >= 4 is 28.5 Å². The number of aromatic hydroxyl groups is 2. The highest BCUT2D eigenvalue weighted by Gasteiger charge is 2.20. The number of phenols is 2. The second-order valence-corrected chi connectivity index (χ2v) is 5.13. The van der Waals surface area contributed by atoms with Crippen LogP contribution in [0.1, 0.15) is 12.0 Å². The molecule has 3 nitrogen and oxygen atoms in total. The van der Waals surface area contributed by atoms with Crippen LogP contribution in [0.3, 0.4) is 0 Å². The highest BCUT2D eigenvalue weighted by Crippen LogP contribution is 2.32. The molecule has 0 radical (unpaired) electrons. The van der Waals surface area contributed by atoms with E-state index in [4.69, 9.17) is 12.2 Å². The minimum absolute atomic E-state index is 0.232. The molecule has 2 aromatic carbocycles. The number of nitrogens with zero attached hydrogens (tertiary/aromatic N) is 1. The molecule has 1 aliphatic heterocycles. The molecule has 20 heavy (non-hydrogen) atoms. The number of hydrogen-bond acceptors (Lipinski definition) is 3. The molecule has 0 aromatic heterocycles. The molecule has 0 amide bonds. The van der Waals surface area contributed by atoms with Crippen LogP contribution < -0.4 is 4.90 Å². The van der Waals surface area contributed by atoms with Crippen molar-refractivity contribution in [1.29, 1.82) is 0 Å². The molecule has 1 heterocycles. The zero-order valence-corrected chi connectivity index (χ0v) is 11.5. The smallest absolute Gasteiger partial charge is 0.116 e. The zero-order valence-electron chi connectivity index (χ0n) is 10.7. The van der Waals surface area contributed by atoms with Crippen molar-refractivity contribution in [3.8, 4) is 11.5 Å². The monoisotopic (exact) mass is 283 g/mol. The SMILES string of the molecule is Oc1ccc(N2C=C(c3cccc(O)c3)CC2=S)cc1. The summed E-state index contributed by atoms with van der Waals surface area (Å²) in [6, 6.07) is 14.1. The van der Waals surface area contributed by atoms with Crippen molar-refractivity contribution in [3.05, 3.63) is 60.3 Å². The first-order valence-electron chi connectivity index (χ1n) is 6.25. The van der Waals surface area contributed by atoms with Gasteiger partial charge in [-0.1, -0.05) is 24.4 Å². The Hall–Kier alpha value is -2.33. The van der Waals surface area contributed by atoms with Gasteiger partial charge in [-0.2, -0.15) is 0 Å². The fraction of sp³-hybridized carbons (Fsp3) is 0.0625. The topological polar surface area (TPSA) is 43.7 Å². The molecule has 1 aliphatic rings. The lowest BCUT2D eigenvalue weighted by atomic mass is 10.1. The fourth-order valence-electron chi connectivity index (χ4n) is 2.24. The number of phenolic OH excluding ortho intramolecular Hbond substituents is 2. The van der Waals surface area contributed by atoms with Crippen LogP contribution in [0.25, 0.3) is 5.57 Å². The van der Waals surface area contributed by atoms with Crippen LogP contribution in [0.4, 0.5) is 5.69 Å². The van der Waals surface area contributed by atoms with E-state index in [1.807, 2.05) is 35.4 Å². The lowest BCUT2D eigenvalue weighted by molar-refractivity contribution is 0.474. The molecule has 2 N–H and O–H groups in total. The summed E-state index contributed by atoms with van der Waals surface area (Å²) in [4.78, 5) is 2.72. The number of anilines is 1. The van der Waals surface area contributed by atoms with Crippen LogP contribution in [0.2, 0.25) is 0 Å². The van der Waals surface area contributed by atoms with E-state index in [1.165, 1.54) is 0 Å². The predicted molar refractivity (Wildman–Crippen MR) is 83.9 cm³/mol. The van der Waals surface area contributed by atoms with Gasteiger partial charge in [0.2, 0.25) is 0 Å². The fourth-order valence-corrected chi connectivity index (χ4v) is 2.55. The van der Waals surface area contributed by atoms with E-state index in [2.05, 4.69) is 0 Å². The lowest BCUT2D eigenvalue weighted by Gasteiger charge is -2.15. The summed E-state index contributed by atoms with van der Waals surface area (Å²) in [6.07, 6.45) is 2.64. The molecule has 0 spiro atoms. The first-order valence-corrected chi connectivity index (χ1v) is 6.65. The second kappa shape index (κ2) is 4.98. The van der Waals surface area contributed by atoms with Gasteiger partial charge in [0.05, 0.1) is 4.99 Å². The third-order valence-corrected chi connectivity index (χ3v) is 3.58. The van der Waals surface area contributed by atoms with Crippen molar-refractivity contribution in [2.24, 2.45) is 0 Å². The van der Waals surface area contributed by atoms with Gasteiger partial charge in [0.15, 0.2) is 0 Å². The van der Waals surface area contributed by atoms with E-state index in [9.17, 15) is 10.2 Å². The van der Waals surface area contributed by atoms with Gasteiger partial charge < -0.3 is 15.1 Å². The maximum atomic E-state index is 9.55. The molecule has 0 saturated heterocycles. The molecule has 0 atom stereocenters. The molecule has 0 aliphatic carbocycles. The van der Waals surface area contributed by atoms with E-state index in [-0.39, 0.29) is 11.5 Å². The highest BCUT2D eigenvalue weighted by molar-refractivity contribution is 7.80. The van der Waals surface area contributed by atoms with Gasteiger partial charge in [-0.3, -0.25) is 0 Å². The Balaban J connectivity index is 1.94. The molecule has 0 unspecified atom stereocenters. The number of hydrogen-bond donors (Lipinski definition) is 2. The molecule has 2 aromatic rings. The predicted octanol–water partition coefficient (Wildman–Crippen LogP) is 3.68. The van der Waals surface area contributed by atoms with Crippen molar-refractivity contribution in [2.45, 2.75) is 6.42 Å². The Morgan fingerprint density at radius 3 is 2.40 bits per heavy atom. The van der Waals surface area contributed by atoms with Crippen LogP contribution in [-0.4, -0.2) is 15.2 Å². The van der Waals surface area contributed by atoms with Crippen LogP contribution >= 0.6 is 12.2 Å². The average molecular weight is 283 g/mol. The average Bonchev–Trinajstić information content (AvgIpc) is 2.82. The van der Waals surface area contributed by atoms with Crippen LogP contribution in [0.5, 0.6) is 11.5 Å². The van der Waals surface area contributed by atoms with Crippen LogP contribution in [-0.2, 0) is 0 Å². The molecule has 0 bridgehead atoms. The Bertz CT molecular complexity index is 692. The van der Waals surface area contributed by atoms with Crippen molar-refractivity contribution in [3.63, 3.8) is 0 Å². The molecule has 3 rings (SSSR count). The van der Waals surface area contributed by atoms with Crippen LogP contribution in [0, 0.1) is 0 Å². The Morgan fingerprint density at radius 1 is 0.950 bits per heavy atom. The van der Waals surface area contributed by atoms with Gasteiger partial charge in [0.1, 0.15) is 11.5 Å². The summed E-state index contributed by atoms with van der Waals surface area (Å²) < 4.78 is 0. The molecule has 0 fully saturated rings. The van der Waals surface area contributed by atoms with Gasteiger partial charge in [0, 0.05) is 18.3 Å². The van der Waals surface area contributed by atoms with E-state index in [0.717, 1.165) is 21.8 Å². The Kier molecular flexibility index (Phi) is 3.16. The van der Waals surface area contributed by atoms with Crippen LogP contribution in [0.15, 0.2) is 54.7 Å². The Labute approximate surface area is 122 Å². The van der Waals surface area contributed by atoms with E-state index >= 15 is 0 Å². The maximum absolute atomic E-state index is 9.55. The summed E-state index contributed by atoms with van der Waals surface area (Å²) in [6.45, 7) is 0. The zero-order chi connectivity index (χ0) is 14.1. The van der Waals surface area contributed by atoms with Crippen molar-refractivity contribution in [1.82, 2.24) is 0 Å². The van der Waals surface area contributed by atoms with Gasteiger partial charge in [0.25, 0.3) is 0 Å². The first kappa shape index (κ1) is 12.7. The van der Waals surface area contributed by atoms with Gasteiger partial charge >= 0.3 is 0 Å². The summed E-state index contributed by atoms with van der Waals surface area (Å²) in [5, 5.41) is 18.9. The van der Waals surface area contributed by atoms with Gasteiger partial charge in [-0.25, -0.2) is 0 Å². The van der Waals surface area contributed by atoms with E-state index in [1.54, 1.807) is 24.3 Å². The highest BCUT2D eigenvalue weighted by atomic mass is 32.1. The largest absolute Gasteiger partial charge is 0.508 e. The van der Waals surface area contributed by atoms with Gasteiger partial charge in [-0.15, -0.1) is 0 Å². The minimum atomic E-state index is 0.232. The first-order chi connectivity index (χ1) is 9.63. The summed E-state index contributed by atoms with van der Waals surface area (Å²) >= 11 is 5.41. The molecule has 0 saturated carbocycles. The standard InChI is InChI=1S/C16H13NO2S/c18-14-6-4-13(5-7-14)17-10-12(9-16(17)20)11-2-1-3-15(19)8-11/h1-8,10,18-19H,9H2. The molecule has 100 valence electrons. The third kappa shape index (κ3) is 2.38. The quantitative estimate of drug-likeness (QED) is 0.825. The second-order valence-electron chi connectivity index (χ2n) is 4.66. The summed E-state index contributed by atoms with van der Waals surface area (Å²) in [5.41, 5.74) is 2.95. The van der Waals surface area contributed by atoms with E-state index < -0.39 is 0 Å². The summed E-state index contributed by atoms with van der Waals surface area (Å²) in [7, 11) is 0. The molecule has 4 heteroatoms. The minimum Gasteiger partial charge on any atom is -0.508 e. The van der Waals surface area contributed by atoms with Gasteiger partial charge in [-0.05, 0) is 47.5 Å².